The van der Waals surface area contributed by atoms with E-state index in [2.05, 4.69) is 18.7 Å². The van der Waals surface area contributed by atoms with Crippen LogP contribution < -0.4 is 0 Å². The third kappa shape index (κ3) is 6.93. The Kier molecular flexibility index (Phi) is 7.37. The standard InChI is InChI=1S/C16H24O/c1-2-3-4-5-6-10-13-16(17)14-15-11-8-7-9-12-15/h2-4,11H,1,5-10,12-14H2/b4-3-. The highest BCUT2D eigenvalue weighted by Crippen LogP contribution is 2.21. The number of unbranched alkanes of at least 4 members (excludes halogenated alkanes) is 2. The first-order chi connectivity index (χ1) is 8.33. The minimum atomic E-state index is 0.422. The number of allylic oxidation sites excluding steroid dienone is 5. The van der Waals surface area contributed by atoms with Crippen LogP contribution in [0.1, 0.15) is 57.8 Å². The van der Waals surface area contributed by atoms with Gasteiger partial charge in [-0.2, -0.15) is 0 Å². The zero-order chi connectivity index (χ0) is 12.3. The van der Waals surface area contributed by atoms with E-state index in [1.54, 1.807) is 6.08 Å². The number of carbonyl (C=O) groups excluding carboxylic acids is 1. The molecular weight excluding hydrogens is 208 g/mol. The fourth-order valence-corrected chi connectivity index (χ4v) is 2.18. The average Bonchev–Trinajstić information content (AvgIpc) is 2.35. The minimum absolute atomic E-state index is 0.422. The van der Waals surface area contributed by atoms with Crippen molar-refractivity contribution in [1.82, 2.24) is 0 Å². The Balaban J connectivity index is 2.06. The van der Waals surface area contributed by atoms with E-state index in [1.807, 2.05) is 6.08 Å². The van der Waals surface area contributed by atoms with Gasteiger partial charge in [-0.1, -0.05) is 36.5 Å². The lowest BCUT2D eigenvalue weighted by Crippen LogP contribution is -2.02. The van der Waals surface area contributed by atoms with Crippen LogP contribution in [0.3, 0.4) is 0 Å². The quantitative estimate of drug-likeness (QED) is 0.335. The van der Waals surface area contributed by atoms with Crippen molar-refractivity contribution in [3.63, 3.8) is 0 Å². The van der Waals surface area contributed by atoms with Gasteiger partial charge in [-0.3, -0.25) is 4.79 Å². The fraction of sp³-hybridized carbons (Fsp3) is 0.562. The molecule has 17 heavy (non-hydrogen) atoms. The number of carbonyl (C=O) groups is 1. The molecule has 1 aliphatic rings. The summed E-state index contributed by atoms with van der Waals surface area (Å²) in [4.78, 5) is 11.7. The van der Waals surface area contributed by atoms with Gasteiger partial charge in [-0.25, -0.2) is 0 Å². The van der Waals surface area contributed by atoms with E-state index in [4.69, 9.17) is 0 Å². The Morgan fingerprint density at radius 1 is 1.35 bits per heavy atom. The van der Waals surface area contributed by atoms with E-state index in [9.17, 15) is 4.79 Å². The first-order valence-electron chi connectivity index (χ1n) is 6.80. The van der Waals surface area contributed by atoms with Crippen LogP contribution in [-0.2, 0) is 4.79 Å². The van der Waals surface area contributed by atoms with Crippen LogP contribution in [0.2, 0.25) is 0 Å². The Hall–Kier alpha value is -1.11. The number of Topliss-reactive ketones (excluding diaryl/α,β-unsaturated/α-hetero) is 1. The molecule has 1 rings (SSSR count). The molecule has 0 aromatic carbocycles. The lowest BCUT2D eigenvalue weighted by atomic mass is 9.94. The maximum Gasteiger partial charge on any atom is 0.136 e. The maximum atomic E-state index is 11.7. The third-order valence-electron chi connectivity index (χ3n) is 3.16. The molecule has 0 aromatic rings. The van der Waals surface area contributed by atoms with Crippen LogP contribution in [0.15, 0.2) is 36.5 Å². The third-order valence-corrected chi connectivity index (χ3v) is 3.16. The van der Waals surface area contributed by atoms with Gasteiger partial charge in [-0.05, 0) is 44.9 Å². The molecule has 0 radical (unpaired) electrons. The number of ketones is 1. The summed E-state index contributed by atoms with van der Waals surface area (Å²) in [6.07, 6.45) is 17.7. The topological polar surface area (TPSA) is 17.1 Å². The highest BCUT2D eigenvalue weighted by molar-refractivity contribution is 5.80. The van der Waals surface area contributed by atoms with Gasteiger partial charge >= 0.3 is 0 Å². The van der Waals surface area contributed by atoms with Crippen molar-refractivity contribution in [3.05, 3.63) is 36.5 Å². The van der Waals surface area contributed by atoms with Gasteiger partial charge < -0.3 is 0 Å². The molecule has 1 aliphatic carbocycles. The van der Waals surface area contributed by atoms with E-state index in [0.717, 1.165) is 32.1 Å². The summed E-state index contributed by atoms with van der Waals surface area (Å²) in [6, 6.07) is 0. The molecule has 0 amide bonds. The molecule has 0 fully saturated rings. The summed E-state index contributed by atoms with van der Waals surface area (Å²) in [6.45, 7) is 3.62. The Bertz CT molecular complexity index is 297. The average molecular weight is 232 g/mol. The molecule has 0 atom stereocenters. The molecule has 1 heteroatoms. The van der Waals surface area contributed by atoms with E-state index < -0.39 is 0 Å². The monoisotopic (exact) mass is 232 g/mol. The molecule has 0 N–H and O–H groups in total. The summed E-state index contributed by atoms with van der Waals surface area (Å²) in [5.41, 5.74) is 1.38. The molecule has 0 bridgehead atoms. The summed E-state index contributed by atoms with van der Waals surface area (Å²) in [7, 11) is 0. The summed E-state index contributed by atoms with van der Waals surface area (Å²) in [5.74, 6) is 0.422. The lowest BCUT2D eigenvalue weighted by molar-refractivity contribution is -0.118. The molecule has 0 unspecified atom stereocenters. The molecule has 1 nitrogen and oxygen atoms in total. The second-order valence-electron chi connectivity index (χ2n) is 4.73. The van der Waals surface area contributed by atoms with Crippen molar-refractivity contribution < 1.29 is 4.79 Å². The Morgan fingerprint density at radius 3 is 2.94 bits per heavy atom. The van der Waals surface area contributed by atoms with Crippen molar-refractivity contribution in [2.45, 2.75) is 57.8 Å². The van der Waals surface area contributed by atoms with Gasteiger partial charge in [0.1, 0.15) is 5.78 Å². The zero-order valence-electron chi connectivity index (χ0n) is 10.8. The van der Waals surface area contributed by atoms with E-state index in [1.165, 1.54) is 24.8 Å². The van der Waals surface area contributed by atoms with E-state index >= 15 is 0 Å². The Labute approximate surface area is 105 Å². The number of hydrogen-bond donors (Lipinski definition) is 0. The first-order valence-corrected chi connectivity index (χ1v) is 6.80. The van der Waals surface area contributed by atoms with Crippen molar-refractivity contribution in [2.24, 2.45) is 0 Å². The van der Waals surface area contributed by atoms with Gasteiger partial charge in [0.2, 0.25) is 0 Å². The van der Waals surface area contributed by atoms with Crippen molar-refractivity contribution in [3.8, 4) is 0 Å². The van der Waals surface area contributed by atoms with Gasteiger partial charge in [-0.15, -0.1) is 0 Å². The second-order valence-corrected chi connectivity index (χ2v) is 4.73. The summed E-state index contributed by atoms with van der Waals surface area (Å²) < 4.78 is 0. The Morgan fingerprint density at radius 2 is 2.24 bits per heavy atom. The second kappa shape index (κ2) is 8.98. The molecule has 0 saturated carbocycles. The van der Waals surface area contributed by atoms with Gasteiger partial charge in [0.15, 0.2) is 0 Å². The highest BCUT2D eigenvalue weighted by atomic mass is 16.1. The van der Waals surface area contributed by atoms with Crippen LogP contribution in [0, 0.1) is 0 Å². The lowest BCUT2D eigenvalue weighted by Gasteiger charge is -2.11. The number of hydrogen-bond acceptors (Lipinski definition) is 1. The van der Waals surface area contributed by atoms with Crippen molar-refractivity contribution >= 4 is 5.78 Å². The SMILES string of the molecule is C=C/C=C\CCCCC(=O)CC1=CCCCC1. The van der Waals surface area contributed by atoms with Crippen LogP contribution in [0.5, 0.6) is 0 Å². The minimum Gasteiger partial charge on any atom is -0.299 e. The fourth-order valence-electron chi connectivity index (χ4n) is 2.18. The molecule has 94 valence electrons. The molecule has 0 spiro atoms. The van der Waals surface area contributed by atoms with Crippen molar-refractivity contribution in [2.75, 3.05) is 0 Å². The number of rotatable bonds is 8. The molecule has 0 saturated heterocycles. The normalized spacial score (nSPS) is 15.9. The van der Waals surface area contributed by atoms with Crippen LogP contribution >= 0.6 is 0 Å². The van der Waals surface area contributed by atoms with Crippen LogP contribution in [-0.4, -0.2) is 5.78 Å². The van der Waals surface area contributed by atoms with Gasteiger partial charge in [0.05, 0.1) is 0 Å². The first kappa shape index (κ1) is 14.0. The van der Waals surface area contributed by atoms with Gasteiger partial charge in [0.25, 0.3) is 0 Å². The van der Waals surface area contributed by atoms with Crippen LogP contribution in [0.25, 0.3) is 0 Å². The van der Waals surface area contributed by atoms with E-state index in [0.29, 0.717) is 12.2 Å². The van der Waals surface area contributed by atoms with Crippen LogP contribution in [0.4, 0.5) is 0 Å². The van der Waals surface area contributed by atoms with Gasteiger partial charge in [0, 0.05) is 12.8 Å². The smallest absolute Gasteiger partial charge is 0.136 e. The summed E-state index contributed by atoms with van der Waals surface area (Å²) in [5, 5.41) is 0. The van der Waals surface area contributed by atoms with E-state index in [-0.39, 0.29) is 0 Å². The molecule has 0 heterocycles. The predicted molar refractivity (Wildman–Crippen MR) is 74.0 cm³/mol. The van der Waals surface area contributed by atoms with Crippen molar-refractivity contribution in [1.29, 1.82) is 0 Å². The highest BCUT2D eigenvalue weighted by Gasteiger charge is 2.08. The zero-order valence-corrected chi connectivity index (χ0v) is 10.8. The summed E-state index contributed by atoms with van der Waals surface area (Å²) >= 11 is 0. The largest absolute Gasteiger partial charge is 0.299 e. The maximum absolute atomic E-state index is 11.7. The molecule has 0 aliphatic heterocycles. The molecule has 0 aromatic heterocycles. The predicted octanol–water partition coefficient (Wildman–Crippen LogP) is 4.75. The molecular formula is C16H24O.